The first-order valence-corrected chi connectivity index (χ1v) is 14.2. The molecule has 0 saturated carbocycles. The highest BCUT2D eigenvalue weighted by Crippen LogP contribution is 2.39. The van der Waals surface area contributed by atoms with Gasteiger partial charge in [-0.15, -0.1) is 0 Å². The molecule has 0 spiro atoms. The maximum Gasteiger partial charge on any atom is 0.407 e. The van der Waals surface area contributed by atoms with Gasteiger partial charge in [-0.1, -0.05) is 46.3 Å². The van der Waals surface area contributed by atoms with Crippen LogP contribution in [-0.4, -0.2) is 43.2 Å². The average Bonchev–Trinajstić information content (AvgIpc) is 2.51. The summed E-state index contributed by atoms with van der Waals surface area (Å²) in [5, 5.41) is 12.8. The maximum atomic E-state index is 12.6. The van der Waals surface area contributed by atoms with Crippen LogP contribution in [-0.2, 0) is 14.0 Å². The zero-order valence-corrected chi connectivity index (χ0v) is 22.9. The van der Waals surface area contributed by atoms with Crippen LogP contribution >= 0.6 is 0 Å². The van der Waals surface area contributed by atoms with E-state index in [1.165, 1.54) is 0 Å². The van der Waals surface area contributed by atoms with Gasteiger partial charge in [0.1, 0.15) is 5.60 Å². The zero-order chi connectivity index (χ0) is 24.8. The lowest BCUT2D eigenvalue weighted by atomic mass is 9.89. The quantitative estimate of drug-likeness (QED) is 0.294. The van der Waals surface area contributed by atoms with Crippen molar-refractivity contribution in [2.45, 2.75) is 118 Å². The smallest absolute Gasteiger partial charge is 0.407 e. The molecule has 31 heavy (non-hydrogen) atoms. The summed E-state index contributed by atoms with van der Waals surface area (Å²) in [6.07, 6.45) is 1.77. The molecule has 1 amide bonds. The Morgan fingerprint density at radius 2 is 1.58 bits per heavy atom. The van der Waals surface area contributed by atoms with E-state index in [0.29, 0.717) is 12.8 Å². The minimum absolute atomic E-state index is 0.0418. The Labute approximate surface area is 191 Å². The number of carbonyl (C=O) groups excluding carboxylic acids is 1. The van der Waals surface area contributed by atoms with E-state index in [1.54, 1.807) is 0 Å². The van der Waals surface area contributed by atoms with E-state index >= 15 is 0 Å². The predicted octanol–water partition coefficient (Wildman–Crippen LogP) is 6.37. The van der Waals surface area contributed by atoms with Gasteiger partial charge in [0.15, 0.2) is 8.32 Å². The van der Waals surface area contributed by atoms with Crippen LogP contribution in [0.2, 0.25) is 18.1 Å². The lowest BCUT2D eigenvalue weighted by Crippen LogP contribution is -2.55. The highest BCUT2D eigenvalue weighted by Gasteiger charge is 2.43. The number of carboxylic acids is 1. The van der Waals surface area contributed by atoms with Crippen molar-refractivity contribution in [1.82, 2.24) is 5.32 Å². The molecule has 0 aliphatic carbocycles. The Bertz CT molecular complexity index is 625. The average molecular weight is 458 g/mol. The fourth-order valence-corrected chi connectivity index (χ4v) is 4.27. The molecular formula is C24H47NO5Si. The van der Waals surface area contributed by atoms with E-state index in [1.807, 2.05) is 54.5 Å². The van der Waals surface area contributed by atoms with E-state index in [0.717, 1.165) is 5.57 Å². The second-order valence-corrected chi connectivity index (χ2v) is 16.4. The first-order chi connectivity index (χ1) is 13.8. The zero-order valence-electron chi connectivity index (χ0n) is 21.9. The van der Waals surface area contributed by atoms with Gasteiger partial charge in [-0.2, -0.15) is 0 Å². The monoisotopic (exact) mass is 457 g/mol. The van der Waals surface area contributed by atoms with E-state index in [4.69, 9.17) is 9.16 Å². The van der Waals surface area contributed by atoms with Crippen molar-refractivity contribution in [2.75, 3.05) is 0 Å². The number of allylic oxidation sites excluding steroid dienone is 2. The number of rotatable bonds is 10. The molecule has 0 rings (SSSR count). The second kappa shape index (κ2) is 11.5. The van der Waals surface area contributed by atoms with Crippen LogP contribution in [0, 0.1) is 11.8 Å². The molecule has 3 atom stereocenters. The summed E-state index contributed by atoms with van der Waals surface area (Å²) in [5.74, 6) is -1.40. The number of aliphatic carboxylic acids is 1. The number of ether oxygens (including phenoxy) is 1. The molecule has 182 valence electrons. The van der Waals surface area contributed by atoms with Crippen LogP contribution in [0.3, 0.4) is 0 Å². The third-order valence-electron chi connectivity index (χ3n) is 5.73. The lowest BCUT2D eigenvalue weighted by Gasteiger charge is -2.43. The molecule has 0 radical (unpaired) electrons. The third-order valence-corrected chi connectivity index (χ3v) is 10.2. The maximum absolute atomic E-state index is 12.6. The Morgan fingerprint density at radius 1 is 1.06 bits per heavy atom. The van der Waals surface area contributed by atoms with Gasteiger partial charge in [-0.3, -0.25) is 4.79 Å². The van der Waals surface area contributed by atoms with Crippen LogP contribution in [0.25, 0.3) is 0 Å². The fourth-order valence-electron chi connectivity index (χ4n) is 2.91. The molecule has 0 unspecified atom stereocenters. The highest BCUT2D eigenvalue weighted by molar-refractivity contribution is 6.74. The number of carboxylic acid groups (broad SMARTS) is 1. The minimum atomic E-state index is -2.22. The SMILES string of the molecule is CC(C)=CC[C@H](C[C@H](O[Si](C)(C)C(C)(C)C)[C@@H](NC(=O)OC(C)(C)C)C(C)C)C(=O)O. The first kappa shape index (κ1) is 29.7. The van der Waals surface area contributed by atoms with Gasteiger partial charge in [0.2, 0.25) is 0 Å². The molecule has 0 aliphatic heterocycles. The van der Waals surface area contributed by atoms with Gasteiger partial charge in [0, 0.05) is 0 Å². The summed E-state index contributed by atoms with van der Waals surface area (Å²) in [6.45, 7) is 24.2. The topological polar surface area (TPSA) is 84.9 Å². The molecule has 0 heterocycles. The van der Waals surface area contributed by atoms with Crippen molar-refractivity contribution < 1.29 is 23.9 Å². The largest absolute Gasteiger partial charge is 0.481 e. The van der Waals surface area contributed by atoms with Crippen LogP contribution in [0.15, 0.2) is 11.6 Å². The molecule has 0 saturated heterocycles. The van der Waals surface area contributed by atoms with E-state index in [-0.39, 0.29) is 17.0 Å². The van der Waals surface area contributed by atoms with E-state index in [2.05, 4.69) is 39.2 Å². The van der Waals surface area contributed by atoms with Gasteiger partial charge < -0.3 is 19.6 Å². The first-order valence-electron chi connectivity index (χ1n) is 11.3. The number of hydrogen-bond acceptors (Lipinski definition) is 4. The molecule has 0 bridgehead atoms. The van der Waals surface area contributed by atoms with E-state index < -0.39 is 38.0 Å². The molecule has 2 N–H and O–H groups in total. The Balaban J connectivity index is 6.00. The Hall–Kier alpha value is -1.34. The van der Waals surface area contributed by atoms with Crippen LogP contribution in [0.4, 0.5) is 4.79 Å². The normalized spacial score (nSPS) is 15.8. The summed E-state index contributed by atoms with van der Waals surface area (Å²) in [4.78, 5) is 24.6. The Kier molecular flexibility index (Phi) is 11.0. The van der Waals surface area contributed by atoms with Crippen molar-refractivity contribution in [3.8, 4) is 0 Å². The molecule has 0 aromatic rings. The minimum Gasteiger partial charge on any atom is -0.481 e. The Morgan fingerprint density at radius 3 is 1.94 bits per heavy atom. The van der Waals surface area contributed by atoms with Gasteiger partial charge in [0.05, 0.1) is 18.1 Å². The summed E-state index contributed by atoms with van der Waals surface area (Å²) in [6, 6.07) is -0.363. The van der Waals surface area contributed by atoms with Crippen molar-refractivity contribution in [1.29, 1.82) is 0 Å². The number of alkyl carbamates (subject to hydrolysis) is 1. The molecule has 0 aliphatic rings. The van der Waals surface area contributed by atoms with Crippen LogP contribution < -0.4 is 5.32 Å². The van der Waals surface area contributed by atoms with Gasteiger partial charge in [-0.25, -0.2) is 4.79 Å². The van der Waals surface area contributed by atoms with Crippen molar-refractivity contribution in [3.05, 3.63) is 11.6 Å². The van der Waals surface area contributed by atoms with Crippen LogP contribution in [0.1, 0.15) is 82.1 Å². The van der Waals surface area contributed by atoms with Crippen molar-refractivity contribution in [2.24, 2.45) is 11.8 Å². The summed E-state index contributed by atoms with van der Waals surface area (Å²) < 4.78 is 12.2. The molecule has 6 nitrogen and oxygen atoms in total. The highest BCUT2D eigenvalue weighted by atomic mass is 28.4. The summed E-state index contributed by atoms with van der Waals surface area (Å²) >= 11 is 0. The molecule has 7 heteroatoms. The fraction of sp³-hybridized carbons (Fsp3) is 0.833. The van der Waals surface area contributed by atoms with Crippen LogP contribution in [0.5, 0.6) is 0 Å². The number of amides is 1. The molecular weight excluding hydrogens is 410 g/mol. The van der Waals surface area contributed by atoms with Gasteiger partial charge in [-0.05, 0) is 71.5 Å². The third kappa shape index (κ3) is 11.2. The molecule has 0 aromatic heterocycles. The summed E-state index contributed by atoms with van der Waals surface area (Å²) in [5.41, 5.74) is 0.467. The van der Waals surface area contributed by atoms with Crippen molar-refractivity contribution >= 4 is 20.4 Å². The van der Waals surface area contributed by atoms with Gasteiger partial charge in [0.25, 0.3) is 0 Å². The summed E-state index contributed by atoms with van der Waals surface area (Å²) in [7, 11) is -2.22. The standard InChI is InChI=1S/C24H47NO5Si/c1-16(2)13-14-18(21(26)27)15-19(30-31(11,12)24(8,9)10)20(17(3)4)25-22(28)29-23(5,6)7/h13,17-20H,14-15H2,1-12H3,(H,25,28)(H,26,27)/t18-,19+,20+/m1/s1. The number of carbonyl (C=O) groups is 2. The number of hydrogen-bond donors (Lipinski definition) is 2. The second-order valence-electron chi connectivity index (χ2n) is 11.6. The molecule has 0 fully saturated rings. The molecule has 0 aromatic carbocycles. The van der Waals surface area contributed by atoms with Gasteiger partial charge >= 0.3 is 12.1 Å². The lowest BCUT2D eigenvalue weighted by molar-refractivity contribution is -0.142. The predicted molar refractivity (Wildman–Crippen MR) is 130 cm³/mol. The number of nitrogens with one attached hydrogen (secondary N) is 1. The van der Waals surface area contributed by atoms with E-state index in [9.17, 15) is 14.7 Å². The van der Waals surface area contributed by atoms with Crippen molar-refractivity contribution in [3.63, 3.8) is 0 Å².